The molecule has 0 radical (unpaired) electrons. The molecule has 0 fully saturated rings. The zero-order chi connectivity index (χ0) is 14.8. The summed E-state index contributed by atoms with van der Waals surface area (Å²) < 4.78 is 28.8. The maximum atomic E-state index is 13.9. The van der Waals surface area contributed by atoms with Crippen LogP contribution in [0, 0.1) is 11.6 Å². The monoisotopic (exact) mass is 306 g/mol. The number of aryl methyl sites for hydroxylation is 1. The van der Waals surface area contributed by atoms with Gasteiger partial charge in [-0.05, 0) is 18.2 Å². The molecular weight excluding hydrogens is 294 g/mol. The molecule has 21 heavy (non-hydrogen) atoms. The molecule has 1 aromatic heterocycles. The largest absolute Gasteiger partial charge is 0.323 e. The Morgan fingerprint density at radius 3 is 2.67 bits per heavy atom. The van der Waals surface area contributed by atoms with E-state index in [0.29, 0.717) is 24.4 Å². The Morgan fingerprint density at radius 2 is 1.90 bits per heavy atom. The van der Waals surface area contributed by atoms with E-state index < -0.39 is 11.6 Å². The molecule has 0 N–H and O–H groups in total. The third-order valence-electron chi connectivity index (χ3n) is 3.40. The van der Waals surface area contributed by atoms with Gasteiger partial charge in [0, 0.05) is 23.9 Å². The fraction of sp³-hybridized carbons (Fsp3) is 0.188. The van der Waals surface area contributed by atoms with E-state index in [1.165, 1.54) is 12.1 Å². The quantitative estimate of drug-likeness (QED) is 0.662. The highest BCUT2D eigenvalue weighted by atomic mass is 35.5. The summed E-state index contributed by atoms with van der Waals surface area (Å²) in [6, 6.07) is 11.3. The second-order valence-electron chi connectivity index (χ2n) is 4.78. The number of benzene rings is 2. The summed E-state index contributed by atoms with van der Waals surface area (Å²) in [6.07, 6.45) is 0.596. The number of halogens is 3. The number of hydrogen-bond acceptors (Lipinski definition) is 1. The Balaban J connectivity index is 2.07. The third-order valence-corrected chi connectivity index (χ3v) is 3.58. The minimum atomic E-state index is -0.576. The maximum absolute atomic E-state index is 13.9. The van der Waals surface area contributed by atoms with Crippen molar-refractivity contribution in [2.45, 2.75) is 13.0 Å². The Morgan fingerprint density at radius 1 is 1.10 bits per heavy atom. The topological polar surface area (TPSA) is 17.8 Å². The van der Waals surface area contributed by atoms with E-state index in [2.05, 4.69) is 4.98 Å². The minimum absolute atomic E-state index is 0.304. The van der Waals surface area contributed by atoms with Crippen molar-refractivity contribution in [3.8, 4) is 0 Å². The van der Waals surface area contributed by atoms with Crippen LogP contribution in [0.3, 0.4) is 0 Å². The third kappa shape index (κ3) is 2.76. The zero-order valence-electron chi connectivity index (χ0n) is 11.2. The predicted octanol–water partition coefficient (Wildman–Crippen LogP) is 4.14. The van der Waals surface area contributed by atoms with Crippen molar-refractivity contribution in [1.82, 2.24) is 9.55 Å². The van der Waals surface area contributed by atoms with Crippen molar-refractivity contribution in [1.29, 1.82) is 0 Å². The lowest BCUT2D eigenvalue weighted by molar-refractivity contribution is 0.565. The van der Waals surface area contributed by atoms with Crippen molar-refractivity contribution < 1.29 is 8.78 Å². The number of alkyl halides is 1. The van der Waals surface area contributed by atoms with E-state index in [-0.39, 0.29) is 0 Å². The fourth-order valence-electron chi connectivity index (χ4n) is 2.40. The van der Waals surface area contributed by atoms with Gasteiger partial charge in [0.15, 0.2) is 0 Å². The average molecular weight is 307 g/mol. The molecule has 3 rings (SSSR count). The van der Waals surface area contributed by atoms with Gasteiger partial charge in [0.25, 0.3) is 0 Å². The zero-order valence-corrected chi connectivity index (χ0v) is 11.9. The predicted molar refractivity (Wildman–Crippen MR) is 79.6 cm³/mol. The average Bonchev–Trinajstić information content (AvgIpc) is 2.80. The second kappa shape index (κ2) is 5.82. The Labute approximate surface area is 126 Å². The number of rotatable bonds is 4. The first-order valence-corrected chi connectivity index (χ1v) is 7.16. The summed E-state index contributed by atoms with van der Waals surface area (Å²) in [6.45, 7) is 0.304. The molecule has 0 saturated carbocycles. The summed E-state index contributed by atoms with van der Waals surface area (Å²) >= 11 is 5.81. The Bertz CT molecular complexity index is 783. The van der Waals surface area contributed by atoms with Crippen LogP contribution in [-0.2, 0) is 13.0 Å². The highest BCUT2D eigenvalue weighted by molar-refractivity contribution is 6.17. The van der Waals surface area contributed by atoms with Gasteiger partial charge >= 0.3 is 0 Å². The smallest absolute Gasteiger partial charge is 0.131 e. The van der Waals surface area contributed by atoms with Crippen molar-refractivity contribution in [2.24, 2.45) is 0 Å². The van der Waals surface area contributed by atoms with Crippen LogP contribution in [0.4, 0.5) is 8.78 Å². The van der Waals surface area contributed by atoms with Crippen LogP contribution in [-0.4, -0.2) is 15.4 Å². The SMILES string of the molecule is Fc1ccc(Cn2c(CCCl)nc3ccccc32)c(F)c1. The highest BCUT2D eigenvalue weighted by Gasteiger charge is 2.12. The first kappa shape index (κ1) is 14.0. The molecule has 2 aromatic carbocycles. The highest BCUT2D eigenvalue weighted by Crippen LogP contribution is 2.20. The van der Waals surface area contributed by atoms with Crippen LogP contribution >= 0.6 is 11.6 Å². The van der Waals surface area contributed by atoms with Gasteiger partial charge in [-0.25, -0.2) is 13.8 Å². The molecule has 1 heterocycles. The van der Waals surface area contributed by atoms with Crippen LogP contribution in [0.2, 0.25) is 0 Å². The van der Waals surface area contributed by atoms with Crippen molar-refractivity contribution in [2.75, 3.05) is 5.88 Å². The van der Waals surface area contributed by atoms with Crippen molar-refractivity contribution in [3.05, 3.63) is 65.5 Å². The molecule has 0 amide bonds. The summed E-state index contributed by atoms with van der Waals surface area (Å²) in [7, 11) is 0. The lowest BCUT2D eigenvalue weighted by Gasteiger charge is -2.09. The van der Waals surface area contributed by atoms with E-state index in [1.807, 2.05) is 28.8 Å². The summed E-state index contributed by atoms with van der Waals surface area (Å²) in [5.41, 5.74) is 2.19. The van der Waals surface area contributed by atoms with E-state index in [4.69, 9.17) is 11.6 Å². The molecule has 0 atom stereocenters. The number of para-hydroxylation sites is 2. The van der Waals surface area contributed by atoms with E-state index in [1.54, 1.807) is 0 Å². The van der Waals surface area contributed by atoms with Crippen LogP contribution in [0.5, 0.6) is 0 Å². The summed E-state index contributed by atoms with van der Waals surface area (Å²) in [5.74, 6) is 0.113. The van der Waals surface area contributed by atoms with Crippen LogP contribution in [0.25, 0.3) is 11.0 Å². The number of fused-ring (bicyclic) bond motifs is 1. The summed E-state index contributed by atoms with van der Waals surface area (Å²) in [5, 5.41) is 0. The number of imidazole rings is 1. The van der Waals surface area contributed by atoms with Gasteiger partial charge in [-0.3, -0.25) is 0 Å². The second-order valence-corrected chi connectivity index (χ2v) is 5.16. The van der Waals surface area contributed by atoms with Gasteiger partial charge in [0.2, 0.25) is 0 Å². The lowest BCUT2D eigenvalue weighted by atomic mass is 10.2. The minimum Gasteiger partial charge on any atom is -0.323 e. The van der Waals surface area contributed by atoms with Crippen molar-refractivity contribution >= 4 is 22.6 Å². The molecule has 3 aromatic rings. The molecular formula is C16H13ClF2N2. The first-order valence-electron chi connectivity index (χ1n) is 6.63. The lowest BCUT2D eigenvalue weighted by Crippen LogP contribution is -2.07. The van der Waals surface area contributed by atoms with Crippen LogP contribution in [0.1, 0.15) is 11.4 Å². The Hall–Kier alpha value is -1.94. The van der Waals surface area contributed by atoms with Gasteiger partial charge in [-0.1, -0.05) is 18.2 Å². The maximum Gasteiger partial charge on any atom is 0.131 e. The molecule has 0 aliphatic carbocycles. The summed E-state index contributed by atoms with van der Waals surface area (Å²) in [4.78, 5) is 4.53. The molecule has 2 nitrogen and oxygen atoms in total. The Kier molecular flexibility index (Phi) is 3.88. The number of nitrogens with zero attached hydrogens (tertiary/aromatic N) is 2. The number of aromatic nitrogens is 2. The number of hydrogen-bond donors (Lipinski definition) is 0. The van der Waals surface area contributed by atoms with Crippen molar-refractivity contribution in [3.63, 3.8) is 0 Å². The molecule has 0 aliphatic heterocycles. The van der Waals surface area contributed by atoms with E-state index >= 15 is 0 Å². The molecule has 5 heteroatoms. The molecule has 0 aliphatic rings. The molecule has 0 unspecified atom stereocenters. The molecule has 0 bridgehead atoms. The first-order chi connectivity index (χ1) is 10.2. The fourth-order valence-corrected chi connectivity index (χ4v) is 2.57. The van der Waals surface area contributed by atoms with Gasteiger partial charge in [0.1, 0.15) is 17.5 Å². The van der Waals surface area contributed by atoms with Crippen LogP contribution in [0.15, 0.2) is 42.5 Å². The standard InChI is InChI=1S/C16H13ClF2N2/c17-8-7-16-20-14-3-1-2-4-15(14)21(16)10-11-5-6-12(18)9-13(11)19/h1-6,9H,7-8,10H2. The van der Waals surface area contributed by atoms with Crippen LogP contribution < -0.4 is 0 Å². The van der Waals surface area contributed by atoms with E-state index in [0.717, 1.165) is 22.9 Å². The van der Waals surface area contributed by atoms with Gasteiger partial charge in [0.05, 0.1) is 17.6 Å². The molecule has 0 spiro atoms. The van der Waals surface area contributed by atoms with Gasteiger partial charge < -0.3 is 4.57 Å². The van der Waals surface area contributed by atoms with Gasteiger partial charge in [-0.15, -0.1) is 11.6 Å². The molecule has 0 saturated heterocycles. The van der Waals surface area contributed by atoms with Gasteiger partial charge in [-0.2, -0.15) is 0 Å². The molecule has 108 valence electrons. The van der Waals surface area contributed by atoms with E-state index in [9.17, 15) is 8.78 Å². The normalized spacial score (nSPS) is 11.2.